The van der Waals surface area contributed by atoms with Crippen molar-refractivity contribution in [2.75, 3.05) is 7.11 Å². The van der Waals surface area contributed by atoms with Gasteiger partial charge >= 0.3 is 5.97 Å². The summed E-state index contributed by atoms with van der Waals surface area (Å²) in [7, 11) is 1.26. The Bertz CT molecular complexity index is 211. The van der Waals surface area contributed by atoms with Gasteiger partial charge in [-0.3, -0.25) is 4.79 Å². The lowest BCUT2D eigenvalue weighted by Crippen LogP contribution is -1.97. The molecular formula is C8H12O4. The Balaban J connectivity index is 4.02. The van der Waals surface area contributed by atoms with Crippen LogP contribution in [0.2, 0.25) is 0 Å². The zero-order valence-corrected chi connectivity index (χ0v) is 7.07. The van der Waals surface area contributed by atoms with Crippen LogP contribution in [-0.4, -0.2) is 23.3 Å². The minimum Gasteiger partial charge on any atom is -0.512 e. The highest BCUT2D eigenvalue weighted by molar-refractivity contribution is 5.71. The van der Waals surface area contributed by atoms with Crippen LogP contribution in [0.15, 0.2) is 23.7 Å². The van der Waals surface area contributed by atoms with Crippen molar-refractivity contribution in [2.45, 2.75) is 13.3 Å². The van der Waals surface area contributed by atoms with E-state index in [1.807, 2.05) is 0 Å². The van der Waals surface area contributed by atoms with Gasteiger partial charge in [0.1, 0.15) is 5.76 Å². The topological polar surface area (TPSA) is 66.8 Å². The summed E-state index contributed by atoms with van der Waals surface area (Å²) in [5.74, 6) is -0.612. The molecule has 0 aliphatic rings. The molecule has 68 valence electrons. The summed E-state index contributed by atoms with van der Waals surface area (Å²) in [6, 6.07) is 0. The summed E-state index contributed by atoms with van der Waals surface area (Å²) < 4.78 is 4.33. The zero-order valence-electron chi connectivity index (χ0n) is 7.07. The first kappa shape index (κ1) is 10.6. The van der Waals surface area contributed by atoms with Crippen LogP contribution in [0.5, 0.6) is 0 Å². The number of aliphatic hydroxyl groups is 2. The van der Waals surface area contributed by atoms with Gasteiger partial charge < -0.3 is 14.9 Å². The molecule has 0 aliphatic heterocycles. The van der Waals surface area contributed by atoms with Crippen LogP contribution in [0.25, 0.3) is 0 Å². The van der Waals surface area contributed by atoms with Crippen molar-refractivity contribution in [3.8, 4) is 0 Å². The molecule has 0 aromatic heterocycles. The maximum atomic E-state index is 10.5. The Morgan fingerprint density at radius 3 is 2.50 bits per heavy atom. The fourth-order valence-electron chi connectivity index (χ4n) is 0.544. The van der Waals surface area contributed by atoms with E-state index in [9.17, 15) is 4.79 Å². The standard InChI is InChI=1S/C8H12O4/c1-6(9)5-7(10)3-4-8(11)12-2/h3,5,9-10H,4H2,1-2H3/b6-5+,7-3+. The number of methoxy groups -OCH3 is 1. The third kappa shape index (κ3) is 5.34. The van der Waals surface area contributed by atoms with E-state index in [0.717, 1.165) is 6.08 Å². The molecule has 0 saturated carbocycles. The Morgan fingerprint density at radius 2 is 2.08 bits per heavy atom. The van der Waals surface area contributed by atoms with Crippen molar-refractivity contribution in [3.63, 3.8) is 0 Å². The summed E-state index contributed by atoms with van der Waals surface area (Å²) in [5.41, 5.74) is 0. The summed E-state index contributed by atoms with van der Waals surface area (Å²) in [6.45, 7) is 1.42. The molecule has 0 aromatic rings. The van der Waals surface area contributed by atoms with Gasteiger partial charge in [-0.1, -0.05) is 0 Å². The Kier molecular flexibility index (Phi) is 4.60. The van der Waals surface area contributed by atoms with Crippen LogP contribution in [0.4, 0.5) is 0 Å². The van der Waals surface area contributed by atoms with E-state index in [4.69, 9.17) is 10.2 Å². The van der Waals surface area contributed by atoms with Crippen LogP contribution in [0.3, 0.4) is 0 Å². The lowest BCUT2D eigenvalue weighted by Gasteiger charge is -1.94. The molecule has 0 amide bonds. The molecule has 0 saturated heterocycles. The van der Waals surface area contributed by atoms with E-state index >= 15 is 0 Å². The highest BCUT2D eigenvalue weighted by Crippen LogP contribution is 1.98. The number of esters is 1. The predicted molar refractivity (Wildman–Crippen MR) is 43.7 cm³/mol. The van der Waals surface area contributed by atoms with Crippen LogP contribution in [0.1, 0.15) is 13.3 Å². The monoisotopic (exact) mass is 172 g/mol. The number of aliphatic hydroxyl groups excluding tert-OH is 2. The van der Waals surface area contributed by atoms with Gasteiger partial charge in [0.25, 0.3) is 0 Å². The number of allylic oxidation sites excluding steroid dienone is 2. The average molecular weight is 172 g/mol. The van der Waals surface area contributed by atoms with Gasteiger partial charge in [0.15, 0.2) is 0 Å². The van der Waals surface area contributed by atoms with Gasteiger partial charge in [-0.15, -0.1) is 0 Å². The Labute approximate surface area is 70.8 Å². The maximum absolute atomic E-state index is 10.5. The van der Waals surface area contributed by atoms with E-state index in [0.29, 0.717) is 0 Å². The molecule has 4 nitrogen and oxygen atoms in total. The van der Waals surface area contributed by atoms with Crippen molar-refractivity contribution in [3.05, 3.63) is 23.7 Å². The van der Waals surface area contributed by atoms with Crippen LogP contribution < -0.4 is 0 Å². The quantitative estimate of drug-likeness (QED) is 0.384. The van der Waals surface area contributed by atoms with Crippen molar-refractivity contribution in [1.29, 1.82) is 0 Å². The number of carbonyl (C=O) groups is 1. The minimum atomic E-state index is -0.439. The van der Waals surface area contributed by atoms with E-state index in [1.54, 1.807) is 0 Å². The van der Waals surface area contributed by atoms with Crippen molar-refractivity contribution >= 4 is 5.97 Å². The molecule has 0 aromatic carbocycles. The largest absolute Gasteiger partial charge is 0.512 e. The average Bonchev–Trinajstić information content (AvgIpc) is 1.99. The second-order valence-corrected chi connectivity index (χ2v) is 2.19. The highest BCUT2D eigenvalue weighted by atomic mass is 16.5. The Hall–Kier alpha value is -1.45. The minimum absolute atomic E-state index is 0.00782. The molecular weight excluding hydrogens is 160 g/mol. The molecule has 0 aliphatic carbocycles. The number of rotatable bonds is 3. The SMILES string of the molecule is COC(=O)C/C=C(O)\C=C(/C)O. The van der Waals surface area contributed by atoms with Gasteiger partial charge in [0.05, 0.1) is 19.3 Å². The number of hydrogen-bond donors (Lipinski definition) is 2. The Morgan fingerprint density at radius 1 is 1.50 bits per heavy atom. The number of carbonyl (C=O) groups excluding carboxylic acids is 1. The van der Waals surface area contributed by atoms with Crippen molar-refractivity contribution in [1.82, 2.24) is 0 Å². The molecule has 0 radical (unpaired) electrons. The number of hydrogen-bond acceptors (Lipinski definition) is 4. The summed E-state index contributed by atoms with van der Waals surface area (Å²) in [5, 5.41) is 17.7. The van der Waals surface area contributed by atoms with Gasteiger partial charge in [-0.05, 0) is 13.0 Å². The second kappa shape index (κ2) is 5.23. The lowest BCUT2D eigenvalue weighted by atomic mass is 10.3. The summed E-state index contributed by atoms with van der Waals surface area (Å²) in [6.07, 6.45) is 2.39. The van der Waals surface area contributed by atoms with E-state index in [2.05, 4.69) is 4.74 Å². The van der Waals surface area contributed by atoms with Gasteiger partial charge in [0.2, 0.25) is 0 Å². The molecule has 0 heterocycles. The van der Waals surface area contributed by atoms with Crippen LogP contribution in [0, 0.1) is 0 Å². The van der Waals surface area contributed by atoms with Crippen LogP contribution in [-0.2, 0) is 9.53 Å². The van der Waals surface area contributed by atoms with Gasteiger partial charge in [-0.25, -0.2) is 0 Å². The normalized spacial score (nSPS) is 12.8. The molecule has 12 heavy (non-hydrogen) atoms. The first-order valence-electron chi connectivity index (χ1n) is 3.39. The first-order chi connectivity index (χ1) is 5.56. The van der Waals surface area contributed by atoms with E-state index in [1.165, 1.54) is 20.1 Å². The fourth-order valence-corrected chi connectivity index (χ4v) is 0.544. The van der Waals surface area contributed by atoms with Crippen molar-refractivity contribution < 1.29 is 19.7 Å². The smallest absolute Gasteiger partial charge is 0.309 e. The second-order valence-electron chi connectivity index (χ2n) is 2.19. The van der Waals surface area contributed by atoms with Crippen LogP contribution >= 0.6 is 0 Å². The lowest BCUT2D eigenvalue weighted by molar-refractivity contribution is -0.139. The molecule has 0 unspecified atom stereocenters. The highest BCUT2D eigenvalue weighted by Gasteiger charge is 1.96. The molecule has 0 spiro atoms. The molecule has 0 rings (SSSR count). The van der Waals surface area contributed by atoms with Gasteiger partial charge in [0, 0.05) is 6.08 Å². The first-order valence-corrected chi connectivity index (χ1v) is 3.39. The number of ether oxygens (including phenoxy) is 1. The summed E-state index contributed by atoms with van der Waals surface area (Å²) >= 11 is 0. The predicted octanol–water partition coefficient (Wildman–Crippen LogP) is 1.45. The molecule has 0 atom stereocenters. The van der Waals surface area contributed by atoms with Gasteiger partial charge in [-0.2, -0.15) is 0 Å². The van der Waals surface area contributed by atoms with E-state index in [-0.39, 0.29) is 17.9 Å². The molecule has 4 heteroatoms. The molecule has 0 fully saturated rings. The molecule has 2 N–H and O–H groups in total. The maximum Gasteiger partial charge on any atom is 0.309 e. The van der Waals surface area contributed by atoms with E-state index < -0.39 is 5.97 Å². The fraction of sp³-hybridized carbons (Fsp3) is 0.375. The zero-order chi connectivity index (χ0) is 9.56. The third-order valence-corrected chi connectivity index (χ3v) is 1.06. The third-order valence-electron chi connectivity index (χ3n) is 1.06. The molecule has 0 bridgehead atoms. The van der Waals surface area contributed by atoms with Crippen molar-refractivity contribution in [2.24, 2.45) is 0 Å². The summed E-state index contributed by atoms with van der Waals surface area (Å²) in [4.78, 5) is 10.5.